The summed E-state index contributed by atoms with van der Waals surface area (Å²) in [5.41, 5.74) is 4.13. The molecule has 0 aromatic heterocycles. The second kappa shape index (κ2) is 24.0. The van der Waals surface area contributed by atoms with Crippen molar-refractivity contribution in [3.05, 3.63) is 172 Å². The van der Waals surface area contributed by atoms with Crippen LogP contribution in [0.5, 0.6) is 11.5 Å². The number of fused-ring (bicyclic) bond motifs is 3. The van der Waals surface area contributed by atoms with E-state index in [1.165, 1.54) is 23.1 Å². The fourth-order valence-corrected chi connectivity index (χ4v) is 11.4. The lowest BCUT2D eigenvalue weighted by Gasteiger charge is -2.60. The molecular weight excluding hydrogens is 903 g/mol. The highest BCUT2D eigenvalue weighted by Crippen LogP contribution is 2.62. The third-order valence-corrected chi connectivity index (χ3v) is 14.7. The molecule has 1 aliphatic heterocycles. The molecule has 0 spiro atoms. The van der Waals surface area contributed by atoms with Gasteiger partial charge in [-0.05, 0) is 120 Å². The Balaban J connectivity index is 1.30. The van der Waals surface area contributed by atoms with Gasteiger partial charge in [-0.2, -0.15) is 0 Å². The second-order valence-electron chi connectivity index (χ2n) is 18.0. The van der Waals surface area contributed by atoms with E-state index in [-0.39, 0.29) is 62.1 Å². The third-order valence-electron chi connectivity index (χ3n) is 13.7. The minimum Gasteiger partial charge on any atom is -0.493 e. The maximum atomic E-state index is 15.4. The minimum atomic E-state index is -1.48. The highest BCUT2D eigenvalue weighted by atomic mass is 32.2. The Hall–Kier alpha value is -6.25. The van der Waals surface area contributed by atoms with Crippen molar-refractivity contribution >= 4 is 45.9 Å². The number of benzene rings is 5. The molecule has 0 saturated heterocycles. The van der Waals surface area contributed by atoms with Crippen molar-refractivity contribution in [2.75, 3.05) is 38.8 Å². The number of unbranched alkanes of at least 4 members (excludes halogenated alkanes) is 2. The van der Waals surface area contributed by atoms with Crippen LogP contribution in [0.3, 0.4) is 0 Å². The van der Waals surface area contributed by atoms with E-state index in [0.717, 1.165) is 64.7 Å². The highest BCUT2D eigenvalue weighted by Gasteiger charge is 2.65. The van der Waals surface area contributed by atoms with Gasteiger partial charge in [-0.1, -0.05) is 90.8 Å². The zero-order valence-electron chi connectivity index (χ0n) is 39.8. The summed E-state index contributed by atoms with van der Waals surface area (Å²) in [6.45, 7) is 7.27. The molecular formula is C57H63N3O9S. The number of hydrogen-bond donors (Lipinski definition) is 2. The first kappa shape index (κ1) is 50.1. The molecule has 12 nitrogen and oxygen atoms in total. The standard InChI is InChI=1S/C57H63N3O9S/c1-3-33-67-57-53(59(39-43-18-14-17-41-15-8-9-21-47(41)43)54(63)30-25-40-23-26-44(27-24-40)60(64)65)38-51(58-68-4-2)49-36-42(16-10-12-31-61)48(22-11-13-32-62)55(56(49)57)50-37-45(28-29-52(50)69-57)66-34-35-70-46-19-6-5-7-20-46/h3,5-9,14-15,17-21,23-30,36-37,42,48,53,55-56,61-62H,1,4,10-13,16,22,31-35,38-39H2,2H3. The van der Waals surface area contributed by atoms with Gasteiger partial charge in [-0.3, -0.25) is 14.9 Å². The Morgan fingerprint density at radius 2 is 1.71 bits per heavy atom. The number of hydrogen-bond acceptors (Lipinski definition) is 11. The predicted octanol–water partition coefficient (Wildman–Crippen LogP) is 11.3. The van der Waals surface area contributed by atoms with Crippen molar-refractivity contribution in [3.8, 4) is 11.5 Å². The van der Waals surface area contributed by atoms with Crippen molar-refractivity contribution < 1.29 is 39.0 Å². The SMILES string of the molecule is C=CCOC12Oc3ccc(OCCSc4ccccc4)cc3C3C(CCCCO)C(CCCCO)C=C(C(=NOCC)CC1N(Cc1cccc4ccccc14)C(=O)C=Cc1ccc([N+](=O)[O-])cc1)C32. The maximum absolute atomic E-state index is 15.4. The molecule has 6 atom stereocenters. The Bertz CT molecular complexity index is 2670. The van der Waals surface area contributed by atoms with Crippen LogP contribution < -0.4 is 9.47 Å². The highest BCUT2D eigenvalue weighted by molar-refractivity contribution is 7.99. The zero-order valence-corrected chi connectivity index (χ0v) is 40.6. The molecule has 5 aromatic rings. The third kappa shape index (κ3) is 11.3. The molecule has 1 heterocycles. The van der Waals surface area contributed by atoms with E-state index >= 15 is 4.79 Å². The van der Waals surface area contributed by atoms with Crippen LogP contribution in [-0.4, -0.2) is 82.3 Å². The van der Waals surface area contributed by atoms with Crippen LogP contribution in [0.25, 0.3) is 16.8 Å². The topological polar surface area (TPSA) is 153 Å². The number of thioether (sulfide) groups is 1. The molecule has 2 N–H and O–H groups in total. The van der Waals surface area contributed by atoms with E-state index in [0.29, 0.717) is 43.1 Å². The molecule has 0 radical (unpaired) electrons. The zero-order chi connectivity index (χ0) is 48.9. The molecule has 1 saturated carbocycles. The van der Waals surface area contributed by atoms with Crippen LogP contribution in [-0.2, 0) is 20.9 Å². The van der Waals surface area contributed by atoms with Gasteiger partial charge >= 0.3 is 0 Å². The lowest BCUT2D eigenvalue weighted by molar-refractivity contribution is -0.384. The molecule has 3 aliphatic rings. The normalized spacial score (nSPS) is 21.9. The number of rotatable bonds is 24. The van der Waals surface area contributed by atoms with Crippen molar-refractivity contribution in [1.29, 1.82) is 0 Å². The van der Waals surface area contributed by atoms with Crippen LogP contribution in [0, 0.1) is 27.9 Å². The minimum absolute atomic E-state index is 0.0357. The fraction of sp³-hybridized carbons (Fsp3) is 0.368. The average Bonchev–Trinajstić information content (AvgIpc) is 3.38. The number of carbonyl (C=O) groups is 1. The van der Waals surface area contributed by atoms with E-state index in [1.807, 2.05) is 66.4 Å². The Labute approximate surface area is 414 Å². The second-order valence-corrected chi connectivity index (χ2v) is 19.2. The average molecular weight is 966 g/mol. The number of carbonyl (C=O) groups excluding carboxylic acids is 1. The van der Waals surface area contributed by atoms with Crippen LogP contribution in [0.4, 0.5) is 5.69 Å². The van der Waals surface area contributed by atoms with Crippen LogP contribution in [0.1, 0.15) is 74.5 Å². The summed E-state index contributed by atoms with van der Waals surface area (Å²) in [5.74, 6) is -0.322. The Kier molecular flexibility index (Phi) is 17.2. The van der Waals surface area contributed by atoms with Crippen molar-refractivity contribution in [2.45, 2.75) is 81.1 Å². The molecule has 6 unspecified atom stereocenters. The first-order valence-corrected chi connectivity index (χ1v) is 25.5. The number of nitro benzene ring substituents is 1. The van der Waals surface area contributed by atoms with Gasteiger partial charge < -0.3 is 34.2 Å². The van der Waals surface area contributed by atoms with E-state index in [4.69, 9.17) is 24.2 Å². The molecule has 1 amide bonds. The monoisotopic (exact) mass is 965 g/mol. The number of nitro groups is 1. The summed E-state index contributed by atoms with van der Waals surface area (Å²) in [6, 6.07) is 35.8. The quantitative estimate of drug-likeness (QED) is 0.0153. The summed E-state index contributed by atoms with van der Waals surface area (Å²) in [5, 5.41) is 38.5. The molecule has 5 aromatic carbocycles. The summed E-state index contributed by atoms with van der Waals surface area (Å²) in [6.07, 6.45) is 12.0. The number of allylic oxidation sites excluding steroid dienone is 1. The Morgan fingerprint density at radius 3 is 2.47 bits per heavy atom. The van der Waals surface area contributed by atoms with Crippen LogP contribution in [0.2, 0.25) is 0 Å². The molecule has 366 valence electrons. The summed E-state index contributed by atoms with van der Waals surface area (Å²) in [7, 11) is 0. The number of aliphatic hydroxyl groups excluding tert-OH is 2. The van der Waals surface area contributed by atoms with Gasteiger partial charge in [0, 0.05) is 66.5 Å². The van der Waals surface area contributed by atoms with E-state index < -0.39 is 22.7 Å². The van der Waals surface area contributed by atoms with Gasteiger partial charge in [0.1, 0.15) is 24.1 Å². The number of oxime groups is 1. The van der Waals surface area contributed by atoms with Gasteiger partial charge in [0.25, 0.3) is 5.69 Å². The number of amides is 1. The summed E-state index contributed by atoms with van der Waals surface area (Å²) >= 11 is 1.74. The summed E-state index contributed by atoms with van der Waals surface area (Å²) in [4.78, 5) is 35.4. The summed E-state index contributed by atoms with van der Waals surface area (Å²) < 4.78 is 21.2. The lowest BCUT2D eigenvalue weighted by atomic mass is 9.55. The maximum Gasteiger partial charge on any atom is 0.269 e. The number of aliphatic hydroxyl groups is 2. The molecule has 13 heteroatoms. The lowest BCUT2D eigenvalue weighted by Crippen LogP contribution is -2.70. The van der Waals surface area contributed by atoms with Gasteiger partial charge in [0.15, 0.2) is 0 Å². The molecule has 70 heavy (non-hydrogen) atoms. The van der Waals surface area contributed by atoms with Gasteiger partial charge in [0.05, 0.1) is 29.8 Å². The number of non-ortho nitro benzene ring substituents is 1. The van der Waals surface area contributed by atoms with Gasteiger partial charge in [0.2, 0.25) is 11.7 Å². The number of ether oxygens (including phenoxy) is 3. The van der Waals surface area contributed by atoms with Crippen molar-refractivity contribution in [1.82, 2.24) is 4.90 Å². The predicted molar refractivity (Wildman–Crippen MR) is 276 cm³/mol. The number of nitrogens with zero attached hydrogens (tertiary/aromatic N) is 3. The largest absolute Gasteiger partial charge is 0.493 e. The molecule has 2 aliphatic carbocycles. The molecule has 8 rings (SSSR count). The van der Waals surface area contributed by atoms with E-state index in [9.17, 15) is 20.3 Å². The van der Waals surface area contributed by atoms with Crippen molar-refractivity contribution in [3.63, 3.8) is 0 Å². The van der Waals surface area contributed by atoms with Crippen molar-refractivity contribution in [2.24, 2.45) is 22.9 Å². The van der Waals surface area contributed by atoms with Gasteiger partial charge in [-0.15, -0.1) is 18.3 Å². The first-order valence-electron chi connectivity index (χ1n) is 24.5. The van der Waals surface area contributed by atoms with E-state index in [2.05, 4.69) is 49.1 Å². The smallest absolute Gasteiger partial charge is 0.269 e. The van der Waals surface area contributed by atoms with Crippen LogP contribution >= 0.6 is 11.8 Å². The fourth-order valence-electron chi connectivity index (χ4n) is 10.6. The van der Waals surface area contributed by atoms with E-state index in [1.54, 1.807) is 36.0 Å². The van der Waals surface area contributed by atoms with Crippen LogP contribution in [0.15, 0.2) is 156 Å². The first-order chi connectivity index (χ1) is 34.3. The molecule has 0 bridgehead atoms. The Morgan fingerprint density at radius 1 is 0.957 bits per heavy atom. The van der Waals surface area contributed by atoms with Gasteiger partial charge in [-0.25, -0.2) is 0 Å². The molecule has 1 fully saturated rings.